The predicted molar refractivity (Wildman–Crippen MR) is 102 cm³/mol. The Morgan fingerprint density at radius 2 is 1.92 bits per heavy atom. The van der Waals surface area contributed by atoms with E-state index < -0.39 is 5.91 Å². The number of hydrogen-bond acceptors (Lipinski definition) is 4. The highest BCUT2D eigenvalue weighted by Gasteiger charge is 2.14. The number of rotatable bonds is 8. The minimum Gasteiger partial charge on any atom is -0.495 e. The van der Waals surface area contributed by atoms with Gasteiger partial charge in [-0.15, -0.1) is 0 Å². The minimum atomic E-state index is -0.457. The van der Waals surface area contributed by atoms with Gasteiger partial charge in [-0.25, -0.2) is 0 Å². The summed E-state index contributed by atoms with van der Waals surface area (Å²) >= 11 is 6.06. The van der Waals surface area contributed by atoms with Gasteiger partial charge in [0.1, 0.15) is 17.4 Å². The molecule has 0 heterocycles. The van der Waals surface area contributed by atoms with Crippen LogP contribution in [0.3, 0.4) is 0 Å². The molecule has 0 spiro atoms. The van der Waals surface area contributed by atoms with Crippen molar-refractivity contribution in [3.63, 3.8) is 0 Å². The SMILES string of the molecule is COc1ccc(NC(=O)/C(C#N)=C\N(CC(C)C)CC(C)C)cc1Cl. The van der Waals surface area contributed by atoms with Gasteiger partial charge in [0.25, 0.3) is 5.91 Å². The quantitative estimate of drug-likeness (QED) is 0.552. The van der Waals surface area contributed by atoms with Gasteiger partial charge in [-0.2, -0.15) is 5.26 Å². The molecule has 1 aromatic carbocycles. The molecule has 0 aliphatic carbocycles. The van der Waals surface area contributed by atoms with Crippen LogP contribution in [0.5, 0.6) is 5.75 Å². The fourth-order valence-corrected chi connectivity index (χ4v) is 2.64. The number of nitrogens with zero attached hydrogens (tertiary/aromatic N) is 2. The summed E-state index contributed by atoms with van der Waals surface area (Å²) in [5, 5.41) is 12.5. The average Bonchev–Trinajstić information content (AvgIpc) is 2.51. The number of halogens is 1. The van der Waals surface area contributed by atoms with E-state index in [1.54, 1.807) is 24.4 Å². The van der Waals surface area contributed by atoms with Crippen LogP contribution in [0.1, 0.15) is 27.7 Å². The number of carbonyl (C=O) groups is 1. The van der Waals surface area contributed by atoms with Gasteiger partial charge in [0, 0.05) is 25.0 Å². The van der Waals surface area contributed by atoms with E-state index in [0.717, 1.165) is 13.1 Å². The maximum atomic E-state index is 12.4. The Bertz CT molecular complexity index is 653. The molecule has 0 fully saturated rings. The number of carbonyl (C=O) groups excluding carboxylic acids is 1. The zero-order chi connectivity index (χ0) is 19.0. The van der Waals surface area contributed by atoms with Gasteiger partial charge < -0.3 is 15.0 Å². The number of amides is 1. The Balaban J connectivity index is 2.94. The van der Waals surface area contributed by atoms with E-state index in [1.807, 2.05) is 11.0 Å². The molecular formula is C19H26ClN3O2. The second-order valence-electron chi connectivity index (χ2n) is 6.70. The Labute approximate surface area is 155 Å². The predicted octanol–water partition coefficient (Wildman–Crippen LogP) is 4.31. The third-order valence-electron chi connectivity index (χ3n) is 3.29. The number of benzene rings is 1. The molecule has 0 saturated carbocycles. The van der Waals surface area contributed by atoms with E-state index in [2.05, 4.69) is 33.0 Å². The van der Waals surface area contributed by atoms with Gasteiger partial charge >= 0.3 is 0 Å². The van der Waals surface area contributed by atoms with Gasteiger partial charge in [-0.1, -0.05) is 39.3 Å². The fraction of sp³-hybridized carbons (Fsp3) is 0.474. The van der Waals surface area contributed by atoms with Crippen molar-refractivity contribution in [2.24, 2.45) is 11.8 Å². The standard InChI is InChI=1S/C19H26ClN3O2/c1-13(2)10-23(11-14(3)4)12-15(9-21)19(24)22-16-6-7-18(25-5)17(20)8-16/h6-8,12-14H,10-11H2,1-5H3,(H,22,24)/b15-12-. The third kappa shape index (κ3) is 7.06. The molecular weight excluding hydrogens is 338 g/mol. The number of methoxy groups -OCH3 is 1. The normalized spacial score (nSPS) is 11.4. The number of anilines is 1. The highest BCUT2D eigenvalue weighted by Crippen LogP contribution is 2.27. The van der Waals surface area contributed by atoms with Crippen LogP contribution < -0.4 is 10.1 Å². The first-order valence-electron chi connectivity index (χ1n) is 8.27. The number of nitriles is 1. The van der Waals surface area contributed by atoms with Crippen molar-refractivity contribution in [1.82, 2.24) is 4.90 Å². The second kappa shape index (κ2) is 9.95. The van der Waals surface area contributed by atoms with E-state index in [9.17, 15) is 10.1 Å². The summed E-state index contributed by atoms with van der Waals surface area (Å²) in [6.45, 7) is 9.98. The van der Waals surface area contributed by atoms with E-state index in [4.69, 9.17) is 16.3 Å². The Hall–Kier alpha value is -2.19. The Morgan fingerprint density at radius 1 is 1.32 bits per heavy atom. The minimum absolute atomic E-state index is 0.0632. The smallest absolute Gasteiger partial charge is 0.267 e. The maximum Gasteiger partial charge on any atom is 0.267 e. The molecule has 1 amide bonds. The second-order valence-corrected chi connectivity index (χ2v) is 7.11. The Kier molecular flexibility index (Phi) is 8.30. The molecule has 1 rings (SSSR count). The lowest BCUT2D eigenvalue weighted by Crippen LogP contribution is -2.28. The van der Waals surface area contributed by atoms with Crippen LogP contribution in [0.4, 0.5) is 5.69 Å². The molecule has 0 unspecified atom stereocenters. The van der Waals surface area contributed by atoms with Crippen molar-refractivity contribution in [3.8, 4) is 11.8 Å². The molecule has 1 N–H and O–H groups in total. The van der Waals surface area contributed by atoms with Crippen LogP contribution in [0.2, 0.25) is 5.02 Å². The molecule has 6 heteroatoms. The maximum absolute atomic E-state index is 12.4. The van der Waals surface area contributed by atoms with Crippen molar-refractivity contribution in [2.75, 3.05) is 25.5 Å². The van der Waals surface area contributed by atoms with Crippen LogP contribution in [-0.4, -0.2) is 31.0 Å². The highest BCUT2D eigenvalue weighted by molar-refractivity contribution is 6.32. The van der Waals surface area contributed by atoms with Gasteiger partial charge in [0.15, 0.2) is 0 Å². The fourth-order valence-electron chi connectivity index (χ4n) is 2.38. The molecule has 25 heavy (non-hydrogen) atoms. The lowest BCUT2D eigenvalue weighted by Gasteiger charge is -2.25. The largest absolute Gasteiger partial charge is 0.495 e. The van der Waals surface area contributed by atoms with E-state index >= 15 is 0 Å². The first kappa shape index (κ1) is 20.9. The topological polar surface area (TPSA) is 65.4 Å². The highest BCUT2D eigenvalue weighted by atomic mass is 35.5. The number of nitrogens with one attached hydrogen (secondary N) is 1. The van der Waals surface area contributed by atoms with Crippen molar-refractivity contribution in [3.05, 3.63) is 35.0 Å². The molecule has 1 aromatic rings. The Morgan fingerprint density at radius 3 is 2.36 bits per heavy atom. The summed E-state index contributed by atoms with van der Waals surface area (Å²) in [5.74, 6) is 0.925. The number of ether oxygens (including phenoxy) is 1. The van der Waals surface area contributed by atoms with Crippen LogP contribution in [0.25, 0.3) is 0 Å². The monoisotopic (exact) mass is 363 g/mol. The lowest BCUT2D eigenvalue weighted by molar-refractivity contribution is -0.112. The molecule has 0 radical (unpaired) electrons. The molecule has 0 saturated heterocycles. The van der Waals surface area contributed by atoms with E-state index in [1.165, 1.54) is 7.11 Å². The van der Waals surface area contributed by atoms with E-state index in [0.29, 0.717) is 28.3 Å². The molecule has 5 nitrogen and oxygen atoms in total. The van der Waals surface area contributed by atoms with Crippen LogP contribution in [0, 0.1) is 23.2 Å². The summed E-state index contributed by atoms with van der Waals surface area (Å²) in [4.78, 5) is 14.4. The molecule has 0 bridgehead atoms. The summed E-state index contributed by atoms with van der Waals surface area (Å²) < 4.78 is 5.09. The molecule has 136 valence electrons. The van der Waals surface area contributed by atoms with Crippen molar-refractivity contribution < 1.29 is 9.53 Å². The van der Waals surface area contributed by atoms with Crippen LogP contribution in [0.15, 0.2) is 30.0 Å². The van der Waals surface area contributed by atoms with E-state index in [-0.39, 0.29) is 5.57 Å². The zero-order valence-corrected chi connectivity index (χ0v) is 16.2. The van der Waals surface area contributed by atoms with Crippen LogP contribution >= 0.6 is 11.6 Å². The molecule has 0 aromatic heterocycles. The summed E-state index contributed by atoms with van der Waals surface area (Å²) in [6, 6.07) is 6.92. The third-order valence-corrected chi connectivity index (χ3v) is 3.58. The first-order chi connectivity index (χ1) is 11.8. The van der Waals surface area contributed by atoms with Gasteiger partial charge in [-0.3, -0.25) is 4.79 Å². The summed E-state index contributed by atoms with van der Waals surface area (Å²) in [5.41, 5.74) is 0.574. The summed E-state index contributed by atoms with van der Waals surface area (Å²) in [7, 11) is 1.52. The molecule has 0 aliphatic heterocycles. The molecule has 0 atom stereocenters. The molecule has 0 aliphatic rings. The van der Waals surface area contributed by atoms with Crippen molar-refractivity contribution in [1.29, 1.82) is 5.26 Å². The van der Waals surface area contributed by atoms with Crippen molar-refractivity contribution >= 4 is 23.2 Å². The number of hydrogen-bond donors (Lipinski definition) is 1. The zero-order valence-electron chi connectivity index (χ0n) is 15.5. The first-order valence-corrected chi connectivity index (χ1v) is 8.65. The van der Waals surface area contributed by atoms with Crippen LogP contribution in [-0.2, 0) is 4.79 Å². The van der Waals surface area contributed by atoms with Gasteiger partial charge in [0.2, 0.25) is 0 Å². The average molecular weight is 364 g/mol. The summed E-state index contributed by atoms with van der Waals surface area (Å²) in [6.07, 6.45) is 1.64. The lowest BCUT2D eigenvalue weighted by atomic mass is 10.1. The van der Waals surface area contributed by atoms with Crippen molar-refractivity contribution in [2.45, 2.75) is 27.7 Å². The van der Waals surface area contributed by atoms with Gasteiger partial charge in [0.05, 0.1) is 12.1 Å². The van der Waals surface area contributed by atoms with Gasteiger partial charge in [-0.05, 0) is 30.0 Å².